The monoisotopic (exact) mass is 242 g/mol. The molecule has 1 heterocycles. The van der Waals surface area contributed by atoms with Crippen LogP contribution in [0.3, 0.4) is 0 Å². The maximum absolute atomic E-state index is 12.2. The Morgan fingerprint density at radius 2 is 1.82 bits per heavy atom. The highest BCUT2D eigenvalue weighted by Crippen LogP contribution is 2.20. The number of carbonyl (C=O) groups excluding carboxylic acids is 1. The second kappa shape index (κ2) is 5.25. The largest absolute Gasteiger partial charge is 0.444 e. The molecule has 1 N–H and O–H groups in total. The Balaban J connectivity index is 2.79. The lowest BCUT2D eigenvalue weighted by Gasteiger charge is -2.35. The van der Waals surface area contributed by atoms with Crippen LogP contribution in [0, 0.1) is 5.92 Å². The number of nitrogens with one attached hydrogen (secondary N) is 1. The Labute approximate surface area is 105 Å². The number of ether oxygens (including phenoxy) is 1. The normalized spacial score (nSPS) is 30.9. The highest BCUT2D eigenvalue weighted by molar-refractivity contribution is 5.69. The summed E-state index contributed by atoms with van der Waals surface area (Å²) < 4.78 is 5.48. The van der Waals surface area contributed by atoms with Gasteiger partial charge in [0, 0.05) is 18.6 Å². The van der Waals surface area contributed by atoms with E-state index in [1.807, 2.05) is 25.7 Å². The third-order valence-corrected chi connectivity index (χ3v) is 3.25. The molecule has 1 saturated heterocycles. The molecule has 4 nitrogen and oxygen atoms in total. The van der Waals surface area contributed by atoms with E-state index in [9.17, 15) is 4.79 Å². The van der Waals surface area contributed by atoms with Crippen molar-refractivity contribution >= 4 is 6.09 Å². The van der Waals surface area contributed by atoms with Crippen LogP contribution in [-0.2, 0) is 4.74 Å². The summed E-state index contributed by atoms with van der Waals surface area (Å²) >= 11 is 0. The van der Waals surface area contributed by atoms with Gasteiger partial charge in [-0.25, -0.2) is 4.79 Å². The molecule has 0 radical (unpaired) electrons. The molecule has 1 amide bonds. The van der Waals surface area contributed by atoms with E-state index in [0.29, 0.717) is 5.92 Å². The van der Waals surface area contributed by atoms with Crippen molar-refractivity contribution in [2.24, 2.45) is 5.92 Å². The van der Waals surface area contributed by atoms with Crippen molar-refractivity contribution in [2.45, 2.75) is 59.2 Å². The van der Waals surface area contributed by atoms with Crippen molar-refractivity contribution in [3.8, 4) is 0 Å². The highest BCUT2D eigenvalue weighted by Gasteiger charge is 2.34. The van der Waals surface area contributed by atoms with Gasteiger partial charge in [-0.2, -0.15) is 0 Å². The van der Waals surface area contributed by atoms with Crippen LogP contribution < -0.4 is 5.32 Å². The lowest BCUT2D eigenvalue weighted by atomic mass is 10.0. The van der Waals surface area contributed by atoms with Crippen LogP contribution in [0.5, 0.6) is 0 Å². The van der Waals surface area contributed by atoms with Crippen LogP contribution in [0.2, 0.25) is 0 Å². The molecule has 3 atom stereocenters. The van der Waals surface area contributed by atoms with Gasteiger partial charge in [-0.1, -0.05) is 6.92 Å². The summed E-state index contributed by atoms with van der Waals surface area (Å²) in [7, 11) is 0. The molecule has 0 aliphatic carbocycles. The minimum absolute atomic E-state index is 0.171. The Morgan fingerprint density at radius 3 is 2.35 bits per heavy atom. The molecule has 100 valence electrons. The summed E-state index contributed by atoms with van der Waals surface area (Å²) in [6.45, 7) is 13.8. The first kappa shape index (κ1) is 14.3. The van der Waals surface area contributed by atoms with Crippen molar-refractivity contribution in [1.82, 2.24) is 10.2 Å². The summed E-state index contributed by atoms with van der Waals surface area (Å²) in [4.78, 5) is 14.1. The first-order valence-electron chi connectivity index (χ1n) is 6.44. The molecule has 1 rings (SSSR count). The number of hydrogen-bond donors (Lipinski definition) is 1. The van der Waals surface area contributed by atoms with Gasteiger partial charge in [-0.15, -0.1) is 0 Å². The molecule has 0 aromatic heterocycles. The number of hydrogen-bond acceptors (Lipinski definition) is 3. The van der Waals surface area contributed by atoms with Crippen LogP contribution in [0.15, 0.2) is 0 Å². The van der Waals surface area contributed by atoms with Gasteiger partial charge in [0.05, 0.1) is 0 Å². The van der Waals surface area contributed by atoms with E-state index >= 15 is 0 Å². The Bertz CT molecular complexity index is 273. The molecular formula is C13H26N2O2. The van der Waals surface area contributed by atoms with Crippen molar-refractivity contribution < 1.29 is 9.53 Å². The molecule has 0 spiro atoms. The van der Waals surface area contributed by atoms with Crippen LogP contribution in [0.1, 0.15) is 41.5 Å². The molecule has 1 aliphatic rings. The molecule has 4 heteroatoms. The predicted octanol–water partition coefficient (Wildman–Crippen LogP) is 2.24. The van der Waals surface area contributed by atoms with Gasteiger partial charge in [0.15, 0.2) is 0 Å². The second-order valence-electron chi connectivity index (χ2n) is 6.11. The van der Waals surface area contributed by atoms with Crippen LogP contribution >= 0.6 is 0 Å². The van der Waals surface area contributed by atoms with Crippen LogP contribution in [-0.4, -0.2) is 41.8 Å². The van der Waals surface area contributed by atoms with Crippen molar-refractivity contribution in [2.75, 3.05) is 13.1 Å². The molecule has 1 fully saturated rings. The summed E-state index contributed by atoms with van der Waals surface area (Å²) in [6, 6.07) is 0.375. The number of nitrogens with zero attached hydrogens (tertiary/aromatic N) is 1. The average Bonchev–Trinajstić information content (AvgIpc) is 2.24. The summed E-state index contributed by atoms with van der Waals surface area (Å²) in [5.41, 5.74) is -0.431. The maximum Gasteiger partial charge on any atom is 0.410 e. The predicted molar refractivity (Wildman–Crippen MR) is 69.0 cm³/mol. The first-order valence-corrected chi connectivity index (χ1v) is 6.44. The van der Waals surface area contributed by atoms with Gasteiger partial charge < -0.3 is 15.0 Å². The minimum atomic E-state index is -0.431. The molecule has 0 aromatic carbocycles. The molecule has 17 heavy (non-hydrogen) atoms. The fourth-order valence-electron chi connectivity index (χ4n) is 2.13. The molecule has 1 unspecified atom stereocenters. The summed E-state index contributed by atoms with van der Waals surface area (Å²) in [5, 5.41) is 3.38. The van der Waals surface area contributed by atoms with E-state index in [0.717, 1.165) is 13.1 Å². The third kappa shape index (κ3) is 3.87. The van der Waals surface area contributed by atoms with Gasteiger partial charge in [-0.05, 0) is 47.1 Å². The van der Waals surface area contributed by atoms with Gasteiger partial charge in [-0.3, -0.25) is 0 Å². The molecular weight excluding hydrogens is 216 g/mol. The quantitative estimate of drug-likeness (QED) is 0.708. The second-order valence-corrected chi connectivity index (χ2v) is 6.11. The number of carbonyl (C=O) groups is 1. The lowest BCUT2D eigenvalue weighted by molar-refractivity contribution is 0.00658. The third-order valence-electron chi connectivity index (χ3n) is 3.25. The minimum Gasteiger partial charge on any atom is -0.444 e. The standard InChI is InChI=1S/C13H26N2O2/c1-9-7-14-8-10(2)15(11(9)3)12(16)17-13(4,5)6/h9-11,14H,7-8H2,1-6H3/t9?,10-,11-/m1/s1. The van der Waals surface area contributed by atoms with Crippen LogP contribution in [0.4, 0.5) is 4.79 Å². The van der Waals surface area contributed by atoms with Gasteiger partial charge >= 0.3 is 6.09 Å². The van der Waals surface area contributed by atoms with E-state index in [1.165, 1.54) is 0 Å². The average molecular weight is 242 g/mol. The lowest BCUT2D eigenvalue weighted by Crippen LogP contribution is -2.49. The Hall–Kier alpha value is -0.770. The smallest absolute Gasteiger partial charge is 0.410 e. The Morgan fingerprint density at radius 1 is 1.24 bits per heavy atom. The van der Waals surface area contributed by atoms with Gasteiger partial charge in [0.25, 0.3) is 0 Å². The van der Waals surface area contributed by atoms with E-state index in [4.69, 9.17) is 4.74 Å². The van der Waals surface area contributed by atoms with Gasteiger partial charge in [0.2, 0.25) is 0 Å². The first-order chi connectivity index (χ1) is 7.72. The molecule has 0 bridgehead atoms. The molecule has 0 saturated carbocycles. The zero-order valence-corrected chi connectivity index (χ0v) is 11.9. The zero-order chi connectivity index (χ0) is 13.2. The SMILES string of the molecule is CC1CNC[C@@H](C)N(C(=O)OC(C)(C)C)[C@@H]1C. The van der Waals surface area contributed by atoms with E-state index in [-0.39, 0.29) is 18.2 Å². The zero-order valence-electron chi connectivity index (χ0n) is 11.9. The summed E-state index contributed by atoms with van der Waals surface area (Å²) in [5.74, 6) is 0.437. The number of rotatable bonds is 0. The Kier molecular flexibility index (Phi) is 4.42. The van der Waals surface area contributed by atoms with E-state index in [2.05, 4.69) is 26.1 Å². The van der Waals surface area contributed by atoms with E-state index < -0.39 is 5.60 Å². The van der Waals surface area contributed by atoms with Crippen molar-refractivity contribution in [3.05, 3.63) is 0 Å². The van der Waals surface area contributed by atoms with Gasteiger partial charge in [0.1, 0.15) is 5.60 Å². The topological polar surface area (TPSA) is 41.6 Å². The van der Waals surface area contributed by atoms with Crippen molar-refractivity contribution in [1.29, 1.82) is 0 Å². The fourth-order valence-corrected chi connectivity index (χ4v) is 2.13. The number of amides is 1. The van der Waals surface area contributed by atoms with E-state index in [1.54, 1.807) is 0 Å². The van der Waals surface area contributed by atoms with Crippen molar-refractivity contribution in [3.63, 3.8) is 0 Å². The van der Waals surface area contributed by atoms with Crippen LogP contribution in [0.25, 0.3) is 0 Å². The summed E-state index contributed by atoms with van der Waals surface area (Å²) in [6.07, 6.45) is -0.201. The molecule has 0 aromatic rings. The maximum atomic E-state index is 12.2. The highest BCUT2D eigenvalue weighted by atomic mass is 16.6. The fraction of sp³-hybridized carbons (Fsp3) is 0.923. The molecule has 1 aliphatic heterocycles.